The highest BCUT2D eigenvalue weighted by Crippen LogP contribution is 2.49. The number of benzene rings is 2. The molecule has 0 aliphatic heterocycles. The molecule has 196 valence electrons. The number of hydrogen-bond acceptors (Lipinski definition) is 6. The predicted molar refractivity (Wildman–Crippen MR) is 142 cm³/mol. The number of ether oxygens (including phenoxy) is 2. The molecule has 2 atom stereocenters. The van der Waals surface area contributed by atoms with Crippen LogP contribution in [0, 0.1) is 0 Å². The van der Waals surface area contributed by atoms with Crippen LogP contribution in [0.25, 0.3) is 0 Å². The van der Waals surface area contributed by atoms with E-state index in [4.69, 9.17) is 23.0 Å². The van der Waals surface area contributed by atoms with E-state index in [-0.39, 0.29) is 26.4 Å². The Morgan fingerprint density at radius 2 is 1.09 bits per heavy atom. The summed E-state index contributed by atoms with van der Waals surface area (Å²) in [6.07, 6.45) is 3.74. The standard InChI is InChI=1S/C28H43O6P/c1-6-9-18-32-35(29,33-21-19-30-27-16-12-10-14-25(27)23(4)7-2)34-22-20-31-28-17-13-11-15-26(28)24(5)8-3/h10-17,23-24H,6-9,18-22H2,1-5H3. The molecular weight excluding hydrogens is 463 g/mol. The maximum Gasteiger partial charge on any atom is 0.475 e. The van der Waals surface area contributed by atoms with E-state index in [0.717, 1.165) is 48.3 Å². The minimum absolute atomic E-state index is 0.0932. The second kappa shape index (κ2) is 16.0. The monoisotopic (exact) mass is 506 g/mol. The molecule has 2 rings (SSSR count). The average Bonchev–Trinajstić information content (AvgIpc) is 2.89. The van der Waals surface area contributed by atoms with E-state index in [1.165, 1.54) is 0 Å². The first-order chi connectivity index (χ1) is 16.9. The summed E-state index contributed by atoms with van der Waals surface area (Å²) in [5.74, 6) is 2.43. The third-order valence-electron chi connectivity index (χ3n) is 6.05. The molecule has 2 unspecified atom stereocenters. The van der Waals surface area contributed by atoms with Gasteiger partial charge in [0.15, 0.2) is 0 Å². The van der Waals surface area contributed by atoms with E-state index in [9.17, 15) is 4.57 Å². The highest BCUT2D eigenvalue weighted by Gasteiger charge is 2.26. The molecule has 0 N–H and O–H groups in total. The summed E-state index contributed by atoms with van der Waals surface area (Å²) in [6, 6.07) is 16.0. The largest absolute Gasteiger partial charge is 0.491 e. The van der Waals surface area contributed by atoms with Crippen molar-refractivity contribution in [2.24, 2.45) is 0 Å². The molecule has 0 fully saturated rings. The van der Waals surface area contributed by atoms with E-state index in [0.29, 0.717) is 18.4 Å². The van der Waals surface area contributed by atoms with Gasteiger partial charge in [0.05, 0.1) is 19.8 Å². The summed E-state index contributed by atoms with van der Waals surface area (Å²) in [4.78, 5) is 0. The van der Waals surface area contributed by atoms with Crippen LogP contribution >= 0.6 is 7.82 Å². The molecule has 0 heterocycles. The number of rotatable bonds is 18. The van der Waals surface area contributed by atoms with Crippen molar-refractivity contribution < 1.29 is 27.6 Å². The van der Waals surface area contributed by atoms with Gasteiger partial charge >= 0.3 is 7.82 Å². The van der Waals surface area contributed by atoms with Gasteiger partial charge < -0.3 is 9.47 Å². The van der Waals surface area contributed by atoms with Gasteiger partial charge in [-0.15, -0.1) is 0 Å². The second-order valence-electron chi connectivity index (χ2n) is 8.69. The number of hydrogen-bond donors (Lipinski definition) is 0. The summed E-state index contributed by atoms with van der Waals surface area (Å²) in [7, 11) is -3.72. The van der Waals surface area contributed by atoms with Gasteiger partial charge in [-0.25, -0.2) is 4.57 Å². The van der Waals surface area contributed by atoms with Crippen molar-refractivity contribution in [1.29, 1.82) is 0 Å². The molecule has 6 nitrogen and oxygen atoms in total. The van der Waals surface area contributed by atoms with Crippen LogP contribution in [0.2, 0.25) is 0 Å². The first-order valence-electron chi connectivity index (χ1n) is 12.9. The lowest BCUT2D eigenvalue weighted by Gasteiger charge is -2.20. The normalized spacial score (nSPS) is 14.8. The zero-order chi connectivity index (χ0) is 25.5. The van der Waals surface area contributed by atoms with Crippen molar-refractivity contribution in [3.63, 3.8) is 0 Å². The Bertz CT molecular complexity index is 837. The number of unbranched alkanes of at least 4 members (excludes halogenated alkanes) is 1. The molecule has 0 saturated carbocycles. The zero-order valence-corrected chi connectivity index (χ0v) is 22.9. The van der Waals surface area contributed by atoms with Gasteiger partial charge in [-0.05, 0) is 54.4 Å². The van der Waals surface area contributed by atoms with Gasteiger partial charge in [-0.2, -0.15) is 0 Å². The predicted octanol–water partition coefficient (Wildman–Crippen LogP) is 8.13. The van der Waals surface area contributed by atoms with Crippen LogP contribution < -0.4 is 9.47 Å². The van der Waals surface area contributed by atoms with Gasteiger partial charge in [-0.3, -0.25) is 13.6 Å². The molecule has 0 aromatic heterocycles. The van der Waals surface area contributed by atoms with E-state index in [1.807, 2.05) is 43.3 Å². The SMILES string of the molecule is CCCCOP(=O)(OCCOc1ccccc1C(C)CC)OCCOc1ccccc1C(C)CC. The highest BCUT2D eigenvalue weighted by molar-refractivity contribution is 7.48. The Hall–Kier alpha value is -1.85. The molecule has 2 aromatic rings. The van der Waals surface area contributed by atoms with Gasteiger partial charge in [-0.1, -0.05) is 77.4 Å². The highest BCUT2D eigenvalue weighted by atomic mass is 31.2. The van der Waals surface area contributed by atoms with E-state index in [2.05, 4.69) is 39.8 Å². The molecule has 0 spiro atoms. The third kappa shape index (κ3) is 9.97. The summed E-state index contributed by atoms with van der Waals surface area (Å²) in [6.45, 7) is 11.7. The van der Waals surface area contributed by atoms with Gasteiger partial charge in [0.25, 0.3) is 0 Å². The second-order valence-corrected chi connectivity index (χ2v) is 10.4. The maximum absolute atomic E-state index is 13.2. The van der Waals surface area contributed by atoms with Crippen molar-refractivity contribution >= 4 is 7.82 Å². The van der Waals surface area contributed by atoms with Crippen LogP contribution in [0.1, 0.15) is 83.3 Å². The Balaban J connectivity index is 1.88. The molecule has 35 heavy (non-hydrogen) atoms. The molecule has 0 aliphatic rings. The maximum atomic E-state index is 13.2. The van der Waals surface area contributed by atoms with Crippen LogP contribution in [0.4, 0.5) is 0 Å². The smallest absolute Gasteiger partial charge is 0.475 e. The molecule has 2 aromatic carbocycles. The first kappa shape index (κ1) is 29.4. The van der Waals surface area contributed by atoms with Crippen LogP contribution in [-0.2, 0) is 18.1 Å². The van der Waals surface area contributed by atoms with Gasteiger partial charge in [0.1, 0.15) is 24.7 Å². The van der Waals surface area contributed by atoms with Crippen molar-refractivity contribution in [1.82, 2.24) is 0 Å². The summed E-state index contributed by atoms with van der Waals surface area (Å²) < 4.78 is 41.7. The fourth-order valence-corrected chi connectivity index (χ4v) is 4.68. The van der Waals surface area contributed by atoms with Crippen LogP contribution in [-0.4, -0.2) is 33.0 Å². The van der Waals surface area contributed by atoms with Crippen molar-refractivity contribution in [2.75, 3.05) is 33.0 Å². The lowest BCUT2D eigenvalue weighted by atomic mass is 9.98. The third-order valence-corrected chi connectivity index (χ3v) is 7.55. The van der Waals surface area contributed by atoms with Crippen LogP contribution in [0.5, 0.6) is 11.5 Å². The molecule has 0 bridgehead atoms. The number of para-hydroxylation sites is 2. The minimum atomic E-state index is -3.72. The first-order valence-corrected chi connectivity index (χ1v) is 14.4. The molecule has 0 aliphatic carbocycles. The lowest BCUT2D eigenvalue weighted by molar-refractivity contribution is 0.0883. The van der Waals surface area contributed by atoms with Gasteiger partial charge in [0, 0.05) is 0 Å². The fraction of sp³-hybridized carbons (Fsp3) is 0.571. The Kier molecular flexibility index (Phi) is 13.4. The Morgan fingerprint density at radius 1 is 0.657 bits per heavy atom. The summed E-state index contributed by atoms with van der Waals surface area (Å²) in [5, 5.41) is 0. The van der Waals surface area contributed by atoms with Gasteiger partial charge in [0.2, 0.25) is 0 Å². The topological polar surface area (TPSA) is 63.2 Å². The summed E-state index contributed by atoms with van der Waals surface area (Å²) >= 11 is 0. The van der Waals surface area contributed by atoms with E-state index in [1.54, 1.807) is 0 Å². The number of phosphoric acid groups is 1. The molecule has 0 amide bonds. The summed E-state index contributed by atoms with van der Waals surface area (Å²) in [5.41, 5.74) is 2.31. The zero-order valence-electron chi connectivity index (χ0n) is 22.0. The van der Waals surface area contributed by atoms with E-state index >= 15 is 0 Å². The van der Waals surface area contributed by atoms with Crippen LogP contribution in [0.15, 0.2) is 48.5 Å². The molecular formula is C28H43O6P. The fourth-order valence-electron chi connectivity index (χ4n) is 3.51. The van der Waals surface area contributed by atoms with E-state index < -0.39 is 7.82 Å². The van der Waals surface area contributed by atoms with Crippen molar-refractivity contribution in [3.8, 4) is 11.5 Å². The minimum Gasteiger partial charge on any atom is -0.491 e. The van der Waals surface area contributed by atoms with Crippen LogP contribution in [0.3, 0.4) is 0 Å². The van der Waals surface area contributed by atoms with Crippen molar-refractivity contribution in [2.45, 2.75) is 72.1 Å². The number of phosphoric ester groups is 1. The van der Waals surface area contributed by atoms with Crippen molar-refractivity contribution in [3.05, 3.63) is 59.7 Å². The quantitative estimate of drug-likeness (QED) is 0.150. The average molecular weight is 507 g/mol. The molecule has 7 heteroatoms. The molecule has 0 radical (unpaired) electrons. The lowest BCUT2D eigenvalue weighted by Crippen LogP contribution is -2.13. The Labute approximate surface area is 211 Å². The molecule has 0 saturated heterocycles. The Morgan fingerprint density at radius 3 is 1.51 bits per heavy atom.